The second-order valence-corrected chi connectivity index (χ2v) is 4.36. The summed E-state index contributed by atoms with van der Waals surface area (Å²) in [6.45, 7) is 5.14. The zero-order valence-electron chi connectivity index (χ0n) is 8.96. The van der Waals surface area contributed by atoms with Crippen molar-refractivity contribution in [2.45, 2.75) is 20.4 Å². The molecule has 0 fully saturated rings. The maximum atomic E-state index is 5.89. The molecule has 2 nitrogen and oxygen atoms in total. The van der Waals surface area contributed by atoms with Crippen LogP contribution in [0.4, 0.5) is 0 Å². The Morgan fingerprint density at radius 3 is 2.23 bits per heavy atom. The average molecular weight is 179 g/mol. The van der Waals surface area contributed by atoms with Crippen LogP contribution in [0, 0.1) is 13.8 Å². The summed E-state index contributed by atoms with van der Waals surface area (Å²) in [6.07, 6.45) is 0. The van der Waals surface area contributed by atoms with Gasteiger partial charge in [0.1, 0.15) is 6.54 Å². The van der Waals surface area contributed by atoms with E-state index in [4.69, 9.17) is 5.84 Å². The van der Waals surface area contributed by atoms with Crippen LogP contribution in [0.5, 0.6) is 0 Å². The first-order valence-corrected chi connectivity index (χ1v) is 4.56. The van der Waals surface area contributed by atoms with Crippen molar-refractivity contribution in [2.75, 3.05) is 14.1 Å². The van der Waals surface area contributed by atoms with Crippen molar-refractivity contribution >= 4 is 0 Å². The lowest BCUT2D eigenvalue weighted by Gasteiger charge is -2.22. The minimum absolute atomic E-state index is 0.489. The highest BCUT2D eigenvalue weighted by atomic mass is 15.5. The van der Waals surface area contributed by atoms with E-state index in [1.54, 1.807) is 0 Å². The molecule has 0 bridgehead atoms. The number of hydrogen-bond acceptors (Lipinski definition) is 1. The van der Waals surface area contributed by atoms with Crippen LogP contribution in [-0.4, -0.2) is 18.7 Å². The molecule has 0 aromatic heterocycles. The molecule has 0 aliphatic heterocycles. The second kappa shape index (κ2) is 3.48. The summed E-state index contributed by atoms with van der Waals surface area (Å²) in [5.41, 5.74) is 3.98. The van der Waals surface area contributed by atoms with Gasteiger partial charge in [-0.3, -0.25) is 0 Å². The van der Waals surface area contributed by atoms with E-state index in [1.807, 2.05) is 14.1 Å². The van der Waals surface area contributed by atoms with Gasteiger partial charge >= 0.3 is 0 Å². The Morgan fingerprint density at radius 2 is 1.77 bits per heavy atom. The molecule has 13 heavy (non-hydrogen) atoms. The Hall–Kier alpha value is -0.860. The fraction of sp³-hybridized carbons (Fsp3) is 0.455. The predicted octanol–water partition coefficient (Wildman–Crippen LogP) is 1.75. The monoisotopic (exact) mass is 179 g/mol. The molecule has 0 saturated heterocycles. The zero-order valence-corrected chi connectivity index (χ0v) is 8.96. The smallest absolute Gasteiger partial charge is 0.121 e. The summed E-state index contributed by atoms with van der Waals surface area (Å²) in [7, 11) is 3.99. The molecular weight excluding hydrogens is 160 g/mol. The Bertz CT molecular complexity index is 297. The van der Waals surface area contributed by atoms with Crippen molar-refractivity contribution in [2.24, 2.45) is 5.84 Å². The molecule has 1 rings (SSSR count). The summed E-state index contributed by atoms with van der Waals surface area (Å²) in [5.74, 6) is 5.89. The number of aryl methyl sites for hydroxylation is 2. The average Bonchev–Trinajstić information content (AvgIpc) is 1.94. The predicted molar refractivity (Wildman–Crippen MR) is 55.9 cm³/mol. The number of nitrogens with two attached hydrogens (primary N) is 1. The van der Waals surface area contributed by atoms with E-state index in [9.17, 15) is 0 Å². The van der Waals surface area contributed by atoms with Gasteiger partial charge in [0.05, 0.1) is 14.1 Å². The molecule has 0 spiro atoms. The number of hydrogen-bond donors (Lipinski definition) is 1. The van der Waals surface area contributed by atoms with Gasteiger partial charge in [0.25, 0.3) is 0 Å². The largest absolute Gasteiger partial charge is 0.249 e. The summed E-state index contributed by atoms with van der Waals surface area (Å²) < 4.78 is 0.489. The quantitative estimate of drug-likeness (QED) is 0.418. The van der Waals surface area contributed by atoms with Crippen molar-refractivity contribution in [1.82, 2.24) is 0 Å². The fourth-order valence-electron chi connectivity index (χ4n) is 1.37. The van der Waals surface area contributed by atoms with Crippen LogP contribution >= 0.6 is 0 Å². The Labute approximate surface area is 80.5 Å². The maximum absolute atomic E-state index is 5.89. The summed E-state index contributed by atoms with van der Waals surface area (Å²) >= 11 is 0. The van der Waals surface area contributed by atoms with E-state index in [0.29, 0.717) is 4.59 Å². The molecule has 1 aromatic rings. The normalized spacial score (nSPS) is 11.8. The van der Waals surface area contributed by atoms with Crippen molar-refractivity contribution < 1.29 is 4.59 Å². The highest BCUT2D eigenvalue weighted by Crippen LogP contribution is 2.11. The number of quaternary nitrogens is 1. The SMILES string of the molecule is Cc1ccc(C[N+](C)(C)N)cc1C. The molecule has 0 unspecified atom stereocenters. The van der Waals surface area contributed by atoms with E-state index in [-0.39, 0.29) is 0 Å². The molecule has 0 atom stereocenters. The first-order chi connectivity index (χ1) is 5.88. The van der Waals surface area contributed by atoms with E-state index < -0.39 is 0 Å². The number of nitrogens with zero attached hydrogens (tertiary/aromatic N) is 1. The first-order valence-electron chi connectivity index (χ1n) is 4.56. The van der Waals surface area contributed by atoms with E-state index >= 15 is 0 Å². The summed E-state index contributed by atoms with van der Waals surface area (Å²) in [5, 5.41) is 0. The van der Waals surface area contributed by atoms with Crippen LogP contribution in [0.2, 0.25) is 0 Å². The van der Waals surface area contributed by atoms with Crippen molar-refractivity contribution in [1.29, 1.82) is 0 Å². The molecule has 0 amide bonds. The van der Waals surface area contributed by atoms with E-state index in [1.165, 1.54) is 16.7 Å². The third-order valence-corrected chi connectivity index (χ3v) is 2.16. The molecule has 0 radical (unpaired) electrons. The molecule has 0 saturated carbocycles. The van der Waals surface area contributed by atoms with Gasteiger partial charge < -0.3 is 0 Å². The highest BCUT2D eigenvalue weighted by Gasteiger charge is 2.09. The van der Waals surface area contributed by atoms with Crippen LogP contribution < -0.4 is 5.84 Å². The Morgan fingerprint density at radius 1 is 1.15 bits per heavy atom. The maximum Gasteiger partial charge on any atom is 0.121 e. The third kappa shape index (κ3) is 3.17. The molecule has 0 aliphatic carbocycles. The van der Waals surface area contributed by atoms with Crippen LogP contribution in [0.3, 0.4) is 0 Å². The topological polar surface area (TPSA) is 26.0 Å². The van der Waals surface area contributed by atoms with Gasteiger partial charge in [-0.25, -0.2) is 4.59 Å². The molecule has 0 heterocycles. The van der Waals surface area contributed by atoms with Crippen LogP contribution in [-0.2, 0) is 6.54 Å². The van der Waals surface area contributed by atoms with E-state index in [2.05, 4.69) is 32.0 Å². The molecule has 2 N–H and O–H groups in total. The molecule has 0 aliphatic rings. The van der Waals surface area contributed by atoms with Gasteiger partial charge in [0.15, 0.2) is 0 Å². The molecule has 1 aromatic carbocycles. The van der Waals surface area contributed by atoms with Crippen LogP contribution in [0.15, 0.2) is 18.2 Å². The molecule has 72 valence electrons. The van der Waals surface area contributed by atoms with E-state index in [0.717, 1.165) is 6.54 Å². The second-order valence-electron chi connectivity index (χ2n) is 4.36. The zero-order chi connectivity index (χ0) is 10.1. The Balaban J connectivity index is 2.86. The molecular formula is C11H19N2+. The summed E-state index contributed by atoms with van der Waals surface area (Å²) in [4.78, 5) is 0. The van der Waals surface area contributed by atoms with Gasteiger partial charge in [-0.1, -0.05) is 18.2 Å². The first kappa shape index (κ1) is 10.2. The van der Waals surface area contributed by atoms with Crippen LogP contribution in [0.1, 0.15) is 16.7 Å². The fourth-order valence-corrected chi connectivity index (χ4v) is 1.37. The number of rotatable bonds is 2. The number of benzene rings is 1. The third-order valence-electron chi connectivity index (χ3n) is 2.16. The minimum atomic E-state index is 0.489. The standard InChI is InChI=1S/C11H19N2/c1-9-5-6-11(7-10(9)2)8-13(3,4)12/h5-7H,8,12H2,1-4H3/q+1. The molecule has 2 heteroatoms. The van der Waals surface area contributed by atoms with Crippen LogP contribution in [0.25, 0.3) is 0 Å². The summed E-state index contributed by atoms with van der Waals surface area (Å²) in [6, 6.07) is 6.51. The lowest BCUT2D eigenvalue weighted by molar-refractivity contribution is -0.915. The van der Waals surface area contributed by atoms with Crippen molar-refractivity contribution in [3.63, 3.8) is 0 Å². The lowest BCUT2D eigenvalue weighted by atomic mass is 10.1. The van der Waals surface area contributed by atoms with Crippen molar-refractivity contribution in [3.8, 4) is 0 Å². The highest BCUT2D eigenvalue weighted by molar-refractivity contribution is 5.29. The lowest BCUT2D eigenvalue weighted by Crippen LogP contribution is -2.45. The van der Waals surface area contributed by atoms with Gasteiger partial charge in [-0.05, 0) is 25.0 Å². The van der Waals surface area contributed by atoms with Gasteiger partial charge in [0.2, 0.25) is 0 Å². The van der Waals surface area contributed by atoms with Gasteiger partial charge in [0, 0.05) is 5.56 Å². The minimum Gasteiger partial charge on any atom is -0.249 e. The van der Waals surface area contributed by atoms with Gasteiger partial charge in [-0.2, -0.15) is 5.84 Å². The Kier molecular flexibility index (Phi) is 2.74. The van der Waals surface area contributed by atoms with Gasteiger partial charge in [-0.15, -0.1) is 0 Å². The van der Waals surface area contributed by atoms with Crippen molar-refractivity contribution in [3.05, 3.63) is 34.9 Å².